The Bertz CT molecular complexity index is 1940. The Balaban J connectivity index is 1.80. The highest BCUT2D eigenvalue weighted by atomic mass is 16.8. The molecule has 57 heavy (non-hydrogen) atoms. The number of anilines is 8. The van der Waals surface area contributed by atoms with Crippen LogP contribution in [0.1, 0.15) is 20.3 Å². The van der Waals surface area contributed by atoms with Crippen molar-refractivity contribution in [2.45, 2.75) is 20.3 Å². The summed E-state index contributed by atoms with van der Waals surface area (Å²) in [5.41, 5.74) is 3.76. The third-order valence-electron chi connectivity index (χ3n) is 8.36. The smallest absolute Gasteiger partial charge is 0.233 e. The van der Waals surface area contributed by atoms with E-state index in [1.807, 2.05) is 0 Å². The maximum Gasteiger partial charge on any atom is 0.233 e. The third kappa shape index (κ3) is 11.2. The zero-order valence-corrected chi connectivity index (χ0v) is 30.7. The fraction of sp³-hybridized carbons (Fsp3) is 0.200. The van der Waals surface area contributed by atoms with E-state index in [-0.39, 0.29) is 51.0 Å². The molecule has 0 aliphatic rings. The first kappa shape index (κ1) is 43.0. The number of para-hydroxylation sites is 4. The first-order valence-corrected chi connectivity index (χ1v) is 16.6. The third-order valence-corrected chi connectivity index (χ3v) is 8.36. The number of carbonyl (C=O) groups excluding carboxylic acids is 2. The van der Waals surface area contributed by atoms with Crippen LogP contribution >= 0.6 is 0 Å². The number of hydrogen-bond acceptors (Lipinski definition) is 20. The van der Waals surface area contributed by atoms with Gasteiger partial charge < -0.3 is 51.4 Å². The van der Waals surface area contributed by atoms with Gasteiger partial charge in [-0.15, -0.1) is 10.5 Å². The van der Waals surface area contributed by atoms with Crippen LogP contribution in [0.5, 0.6) is 11.5 Å². The molecule has 0 aromatic heterocycles. The van der Waals surface area contributed by atoms with Gasteiger partial charge in [0, 0.05) is 22.8 Å². The van der Waals surface area contributed by atoms with Gasteiger partial charge in [-0.05, 0) is 80.9 Å². The number of benzene rings is 4. The van der Waals surface area contributed by atoms with Crippen molar-refractivity contribution < 1.29 is 39.9 Å². The van der Waals surface area contributed by atoms with Gasteiger partial charge in [-0.3, -0.25) is 41.3 Å². The molecule has 4 aromatic carbocycles. The van der Waals surface area contributed by atoms with Gasteiger partial charge in [0.15, 0.2) is 0 Å². The normalized spacial score (nSPS) is 12.5. The predicted octanol–water partition coefficient (Wildman–Crippen LogP) is 5.65. The number of rotatable bonds is 18. The van der Waals surface area contributed by atoms with E-state index in [0.29, 0.717) is 11.5 Å². The quantitative estimate of drug-likeness (QED) is 0.0445. The molecule has 4 aromatic rings. The van der Waals surface area contributed by atoms with E-state index in [1.54, 1.807) is 48.5 Å². The van der Waals surface area contributed by atoms with Gasteiger partial charge in [-0.1, -0.05) is 24.3 Å². The molecule has 8 N–H and O–H groups in total. The van der Waals surface area contributed by atoms with Gasteiger partial charge >= 0.3 is 0 Å². The number of amides is 2. The van der Waals surface area contributed by atoms with E-state index in [9.17, 15) is 51.2 Å². The lowest BCUT2D eigenvalue weighted by Crippen LogP contribution is -2.37. The number of methoxy groups -OCH3 is 2. The fourth-order valence-electron chi connectivity index (χ4n) is 5.35. The highest BCUT2D eigenvalue weighted by Crippen LogP contribution is 2.32. The minimum atomic E-state index is -1.28. The molecule has 0 fully saturated rings. The number of carbonyl (C=O) groups is 2. The molecule has 4 rings (SSSR count). The second kappa shape index (κ2) is 19.7. The molecule has 0 aliphatic carbocycles. The summed E-state index contributed by atoms with van der Waals surface area (Å²) in [5.74, 6) is -3.28. The van der Waals surface area contributed by atoms with Gasteiger partial charge in [0.25, 0.3) is 0 Å². The number of nitrogens with one attached hydrogen (secondary N) is 4. The van der Waals surface area contributed by atoms with E-state index in [2.05, 4.69) is 31.7 Å². The Morgan fingerprint density at radius 3 is 1.32 bits per heavy atom. The topological polar surface area (TPSA) is 312 Å². The molecule has 2 amide bonds. The fourth-order valence-corrected chi connectivity index (χ4v) is 5.35. The van der Waals surface area contributed by atoms with Gasteiger partial charge in [0.2, 0.25) is 11.8 Å². The van der Waals surface area contributed by atoms with E-state index >= 15 is 0 Å². The SMILES string of the molecule is COc1ccccc1NC(=O)C(CC(C(=O)Nc1ccccc1OC)/C(C)=N\Nc1ccc(N([O-])[O-])cc1N(O)O)/C(C)=N\Nc1ccc(N([O-])[O-])cc1N(O)O. The van der Waals surface area contributed by atoms with Crippen molar-refractivity contribution in [1.82, 2.24) is 0 Å². The Hall–Kier alpha value is -6.76. The van der Waals surface area contributed by atoms with E-state index in [4.69, 9.17) is 9.47 Å². The molecule has 22 heteroatoms. The van der Waals surface area contributed by atoms with Crippen LogP contribution in [0.3, 0.4) is 0 Å². The summed E-state index contributed by atoms with van der Waals surface area (Å²) in [7, 11) is 2.81. The van der Waals surface area contributed by atoms with Crippen molar-refractivity contribution in [3.8, 4) is 11.5 Å². The van der Waals surface area contributed by atoms with E-state index in [1.165, 1.54) is 28.1 Å². The van der Waals surface area contributed by atoms with E-state index < -0.39 is 56.9 Å². The minimum Gasteiger partial charge on any atom is -0.769 e. The lowest BCUT2D eigenvalue weighted by atomic mass is 9.87. The highest BCUT2D eigenvalue weighted by Gasteiger charge is 2.33. The molecule has 0 aliphatic heterocycles. The van der Waals surface area contributed by atoms with E-state index in [0.717, 1.165) is 36.4 Å². The zero-order chi connectivity index (χ0) is 41.8. The summed E-state index contributed by atoms with van der Waals surface area (Å²) in [5, 5.41) is 96.3. The van der Waals surface area contributed by atoms with Crippen molar-refractivity contribution in [1.29, 1.82) is 0 Å². The van der Waals surface area contributed by atoms with Crippen LogP contribution in [-0.4, -0.2) is 58.3 Å². The summed E-state index contributed by atoms with van der Waals surface area (Å²) < 4.78 is 10.8. The van der Waals surface area contributed by atoms with Gasteiger partial charge in [0.05, 0.1) is 48.8 Å². The Morgan fingerprint density at radius 2 is 0.982 bits per heavy atom. The predicted molar refractivity (Wildman–Crippen MR) is 212 cm³/mol. The van der Waals surface area contributed by atoms with Crippen molar-refractivity contribution in [2.75, 3.05) is 56.6 Å². The first-order chi connectivity index (χ1) is 27.1. The molecule has 22 nitrogen and oxygen atoms in total. The number of hydrogen-bond donors (Lipinski definition) is 8. The summed E-state index contributed by atoms with van der Waals surface area (Å²) in [4.78, 5) is 28.4. The summed E-state index contributed by atoms with van der Waals surface area (Å²) >= 11 is 0. The molecular weight excluding hydrogens is 752 g/mol. The standard InChI is InChI=1S/C35H38N10O12/c1-20(38-40-26-15-13-22(42(48)49)17-30(26)44(52)53)24(34(46)36-28-9-5-7-11-32(28)56-3)19-25(35(47)37-29-10-6-8-12-33(29)57-4)21(2)39-41-27-16-14-23(43(50)51)18-31(27)45(54)55/h5-18,24-25,40-41,52-55H,19H2,1-4H3,(H,36,46)(H,37,47)/q-4/b38-20-,39-21-. The van der Waals surface area contributed by atoms with Crippen molar-refractivity contribution in [2.24, 2.45) is 22.0 Å². The largest absolute Gasteiger partial charge is 0.769 e. The summed E-state index contributed by atoms with van der Waals surface area (Å²) in [6, 6.07) is 19.3. The van der Waals surface area contributed by atoms with Crippen molar-refractivity contribution in [3.63, 3.8) is 0 Å². The van der Waals surface area contributed by atoms with Gasteiger partial charge in [-0.25, -0.2) is 0 Å². The van der Waals surface area contributed by atoms with Crippen LogP contribution in [0.25, 0.3) is 0 Å². The molecule has 2 unspecified atom stereocenters. The molecule has 0 spiro atoms. The van der Waals surface area contributed by atoms with Crippen LogP contribution in [-0.2, 0) is 9.59 Å². The van der Waals surface area contributed by atoms with Crippen LogP contribution < -0.4 is 51.9 Å². The van der Waals surface area contributed by atoms with Crippen molar-refractivity contribution >= 4 is 68.7 Å². The highest BCUT2D eigenvalue weighted by molar-refractivity contribution is 6.13. The maximum absolute atomic E-state index is 14.2. The molecule has 0 heterocycles. The second-order valence-electron chi connectivity index (χ2n) is 11.9. The average molecular weight is 791 g/mol. The second-order valence-corrected chi connectivity index (χ2v) is 11.9. The molecule has 2 atom stereocenters. The number of nitrogens with zero attached hydrogens (tertiary/aromatic N) is 6. The minimum absolute atomic E-state index is 0.0406. The van der Waals surface area contributed by atoms with Crippen LogP contribution in [0.2, 0.25) is 0 Å². The lowest BCUT2D eigenvalue weighted by Gasteiger charge is -2.37. The summed E-state index contributed by atoms with van der Waals surface area (Å²) in [6.45, 7) is 2.89. The molecule has 0 saturated heterocycles. The Morgan fingerprint density at radius 1 is 0.614 bits per heavy atom. The van der Waals surface area contributed by atoms with Gasteiger partial charge in [-0.2, -0.15) is 10.2 Å². The maximum atomic E-state index is 14.2. The van der Waals surface area contributed by atoms with Crippen LogP contribution in [0, 0.1) is 32.7 Å². The van der Waals surface area contributed by atoms with Crippen LogP contribution in [0.4, 0.5) is 45.5 Å². The number of ether oxygens (including phenoxy) is 2. The Labute approximate surface area is 324 Å². The Kier molecular flexibility index (Phi) is 14.9. The van der Waals surface area contributed by atoms with Gasteiger partial charge in [0.1, 0.15) is 22.9 Å². The molecular formula is C35H38N10O12-4. The van der Waals surface area contributed by atoms with Crippen molar-refractivity contribution in [3.05, 3.63) is 106 Å². The first-order valence-electron chi connectivity index (χ1n) is 16.6. The van der Waals surface area contributed by atoms with Crippen LogP contribution in [0.15, 0.2) is 95.1 Å². The molecule has 0 radical (unpaired) electrons. The average Bonchev–Trinajstić information content (AvgIpc) is 3.19. The number of hydrazone groups is 2. The zero-order valence-electron chi connectivity index (χ0n) is 30.7. The molecule has 0 bridgehead atoms. The molecule has 304 valence electrons. The lowest BCUT2D eigenvalue weighted by molar-refractivity contribution is -0.120. The molecule has 0 saturated carbocycles. The summed E-state index contributed by atoms with van der Waals surface area (Å²) in [6.07, 6.45) is -0.339. The monoisotopic (exact) mass is 790 g/mol.